The van der Waals surface area contributed by atoms with Crippen LogP contribution in [0.5, 0.6) is 0 Å². The summed E-state index contributed by atoms with van der Waals surface area (Å²) < 4.78 is 63.5. The molecule has 0 aliphatic rings. The van der Waals surface area contributed by atoms with Crippen LogP contribution in [0.15, 0.2) is 120 Å². The second kappa shape index (κ2) is 20.0. The van der Waals surface area contributed by atoms with Crippen molar-refractivity contribution in [3.63, 3.8) is 0 Å². The SMILES string of the molecule is O=CN(O)[C@@H](COCc1ccccc1)CS(=O)(=O)Cc1ccc2sccc2c1.O=S(=O)(Cc1ccc2sccc2c1)C[C@H](COCc1ccccc1)NO. The molecular weight excluding hydrogens is 769 g/mol. The fourth-order valence-electron chi connectivity index (χ4n) is 5.63. The Balaban J connectivity index is 0.000000208. The maximum Gasteiger partial charge on any atom is 0.233 e. The summed E-state index contributed by atoms with van der Waals surface area (Å²) in [6, 6.07) is 32.5. The Labute approximate surface area is 323 Å². The van der Waals surface area contributed by atoms with Gasteiger partial charge < -0.3 is 14.7 Å². The molecule has 15 heteroatoms. The van der Waals surface area contributed by atoms with Gasteiger partial charge in [0.15, 0.2) is 19.7 Å². The van der Waals surface area contributed by atoms with Crippen molar-refractivity contribution in [3.8, 4) is 0 Å². The molecule has 286 valence electrons. The van der Waals surface area contributed by atoms with Gasteiger partial charge in [-0.15, -0.1) is 22.7 Å². The Morgan fingerprint density at radius 1 is 0.648 bits per heavy atom. The van der Waals surface area contributed by atoms with Crippen LogP contribution in [-0.2, 0) is 58.7 Å². The molecule has 11 nitrogen and oxygen atoms in total. The zero-order valence-electron chi connectivity index (χ0n) is 29.3. The first-order valence-electron chi connectivity index (χ1n) is 16.9. The number of hydrogen-bond donors (Lipinski definition) is 3. The summed E-state index contributed by atoms with van der Waals surface area (Å²) in [7, 11) is -6.96. The van der Waals surface area contributed by atoms with Gasteiger partial charge in [-0.3, -0.25) is 10.0 Å². The number of nitrogens with zero attached hydrogens (tertiary/aromatic N) is 1. The van der Waals surface area contributed by atoms with E-state index in [0.29, 0.717) is 17.2 Å². The number of rotatable bonds is 19. The van der Waals surface area contributed by atoms with E-state index >= 15 is 0 Å². The molecule has 2 atom stereocenters. The number of ether oxygens (including phenoxy) is 2. The lowest BCUT2D eigenvalue weighted by Crippen LogP contribution is -2.41. The first-order valence-corrected chi connectivity index (χ1v) is 22.3. The average Bonchev–Trinajstić information content (AvgIpc) is 3.84. The first kappa shape index (κ1) is 41.1. The second-order valence-corrected chi connectivity index (χ2v) is 18.8. The predicted molar refractivity (Wildman–Crippen MR) is 213 cm³/mol. The van der Waals surface area contributed by atoms with Gasteiger partial charge in [-0.2, -0.15) is 5.48 Å². The maximum atomic E-state index is 12.6. The van der Waals surface area contributed by atoms with Crippen LogP contribution in [0.25, 0.3) is 20.2 Å². The van der Waals surface area contributed by atoms with E-state index in [4.69, 9.17) is 9.47 Å². The van der Waals surface area contributed by atoms with Crippen molar-refractivity contribution in [2.45, 2.75) is 36.8 Å². The Morgan fingerprint density at radius 3 is 1.61 bits per heavy atom. The van der Waals surface area contributed by atoms with Crippen molar-refractivity contribution in [2.75, 3.05) is 24.7 Å². The highest BCUT2D eigenvalue weighted by atomic mass is 32.2. The van der Waals surface area contributed by atoms with Crippen molar-refractivity contribution in [3.05, 3.63) is 142 Å². The van der Waals surface area contributed by atoms with Gasteiger partial charge in [-0.25, -0.2) is 21.9 Å². The molecule has 54 heavy (non-hydrogen) atoms. The number of benzene rings is 4. The quantitative estimate of drug-likeness (QED) is 0.0461. The molecule has 0 fully saturated rings. The predicted octanol–water partition coefficient (Wildman–Crippen LogP) is 6.63. The molecule has 0 radical (unpaired) electrons. The van der Waals surface area contributed by atoms with E-state index in [0.717, 1.165) is 36.9 Å². The van der Waals surface area contributed by atoms with Crippen LogP contribution < -0.4 is 5.48 Å². The minimum atomic E-state index is -3.57. The third-order valence-corrected chi connectivity index (χ3v) is 13.4. The van der Waals surface area contributed by atoms with Crippen LogP contribution in [0.2, 0.25) is 0 Å². The number of hydroxylamine groups is 3. The summed E-state index contributed by atoms with van der Waals surface area (Å²) >= 11 is 3.22. The molecule has 6 aromatic rings. The molecule has 6 rings (SSSR count). The van der Waals surface area contributed by atoms with Gasteiger partial charge in [0.25, 0.3) is 0 Å². The number of amides is 1. The highest BCUT2D eigenvalue weighted by Crippen LogP contribution is 2.24. The molecule has 0 aliphatic heterocycles. The summed E-state index contributed by atoms with van der Waals surface area (Å²) in [5.41, 5.74) is 5.39. The summed E-state index contributed by atoms with van der Waals surface area (Å²) in [6.45, 7) is 0.647. The van der Waals surface area contributed by atoms with Crippen LogP contribution in [0, 0.1) is 0 Å². The van der Waals surface area contributed by atoms with Crippen molar-refractivity contribution in [1.29, 1.82) is 0 Å². The van der Waals surface area contributed by atoms with E-state index < -0.39 is 37.5 Å². The van der Waals surface area contributed by atoms with Crippen LogP contribution >= 0.6 is 22.7 Å². The first-order chi connectivity index (χ1) is 26.0. The van der Waals surface area contributed by atoms with E-state index in [1.165, 1.54) is 0 Å². The lowest BCUT2D eigenvalue weighted by molar-refractivity contribution is -0.163. The van der Waals surface area contributed by atoms with Gasteiger partial charge in [0.05, 0.1) is 61.5 Å². The minimum Gasteiger partial charge on any atom is -0.375 e. The van der Waals surface area contributed by atoms with Crippen LogP contribution in [0.1, 0.15) is 22.3 Å². The van der Waals surface area contributed by atoms with E-state index in [2.05, 4.69) is 5.48 Å². The number of carbonyl (C=O) groups is 1. The molecule has 0 aliphatic carbocycles. The standard InChI is InChI=1S/C20H21NO5S2.C19H21NO4S2/c22-15-21(23)19(12-26-11-16-4-2-1-3-5-16)14-28(24,25)13-17-6-7-20-18(10-17)8-9-27-20;21-20-18(12-24-11-15-4-2-1-3-5-15)14-26(22,23)13-16-6-7-19-17(10-16)8-9-25-19/h1-10,15,19,23H,11-14H2;1-10,18,20-21H,11-14H2/t19-;18-/m00/s1. The van der Waals surface area contributed by atoms with E-state index in [1.54, 1.807) is 28.7 Å². The number of nitrogens with one attached hydrogen (secondary N) is 1. The molecular formula is C39H42N2O9S4. The topological polar surface area (TPSA) is 160 Å². The van der Waals surface area contributed by atoms with Crippen molar-refractivity contribution >= 4 is 68.9 Å². The smallest absolute Gasteiger partial charge is 0.233 e. The summed E-state index contributed by atoms with van der Waals surface area (Å²) in [6.07, 6.45) is 0.198. The van der Waals surface area contributed by atoms with Crippen LogP contribution in [0.3, 0.4) is 0 Å². The van der Waals surface area contributed by atoms with Crippen LogP contribution in [-0.4, -0.2) is 75.5 Å². The highest BCUT2D eigenvalue weighted by Gasteiger charge is 2.25. The zero-order valence-corrected chi connectivity index (χ0v) is 32.5. The zero-order chi connectivity index (χ0) is 38.4. The van der Waals surface area contributed by atoms with Gasteiger partial charge in [0.2, 0.25) is 6.41 Å². The Hall–Kier alpha value is -4.03. The molecule has 0 saturated carbocycles. The summed E-state index contributed by atoms with van der Waals surface area (Å²) in [5, 5.41) is 25.4. The largest absolute Gasteiger partial charge is 0.375 e. The second-order valence-electron chi connectivity index (χ2n) is 12.7. The fourth-order valence-corrected chi connectivity index (χ4v) is 10.4. The van der Waals surface area contributed by atoms with Gasteiger partial charge in [0, 0.05) is 9.40 Å². The number of sulfone groups is 2. The molecule has 0 unspecified atom stereocenters. The van der Waals surface area contributed by atoms with Gasteiger partial charge >= 0.3 is 0 Å². The Bertz CT molecular complexity index is 2280. The number of fused-ring (bicyclic) bond motifs is 2. The lowest BCUT2D eigenvalue weighted by Gasteiger charge is -2.22. The van der Waals surface area contributed by atoms with Gasteiger partial charge in [0.1, 0.15) is 0 Å². The van der Waals surface area contributed by atoms with Crippen LogP contribution in [0.4, 0.5) is 0 Å². The van der Waals surface area contributed by atoms with Crippen molar-refractivity contribution in [1.82, 2.24) is 10.5 Å². The van der Waals surface area contributed by atoms with E-state index in [-0.39, 0.29) is 43.5 Å². The third-order valence-electron chi connectivity index (χ3n) is 8.23. The molecule has 0 spiro atoms. The minimum absolute atomic E-state index is 0.0599. The lowest BCUT2D eigenvalue weighted by atomic mass is 10.2. The van der Waals surface area contributed by atoms with E-state index in [1.807, 2.05) is 114 Å². The van der Waals surface area contributed by atoms with Crippen molar-refractivity contribution < 1.29 is 41.5 Å². The molecule has 0 bridgehead atoms. The normalized spacial score (nSPS) is 12.9. The van der Waals surface area contributed by atoms with Crippen molar-refractivity contribution in [2.24, 2.45) is 0 Å². The summed E-state index contributed by atoms with van der Waals surface area (Å²) in [5.74, 6) is -0.811. The highest BCUT2D eigenvalue weighted by molar-refractivity contribution is 7.90. The molecule has 2 aromatic heterocycles. The molecule has 4 aromatic carbocycles. The fraction of sp³-hybridized carbons (Fsp3) is 0.256. The number of thiophene rings is 2. The third kappa shape index (κ3) is 13.1. The summed E-state index contributed by atoms with van der Waals surface area (Å²) in [4.78, 5) is 11.0. The van der Waals surface area contributed by atoms with Gasteiger partial charge in [-0.1, -0.05) is 72.8 Å². The molecule has 0 saturated heterocycles. The molecule has 3 N–H and O–H groups in total. The number of carbonyl (C=O) groups excluding carboxylic acids is 1. The Kier molecular flexibility index (Phi) is 15.3. The average molecular weight is 811 g/mol. The van der Waals surface area contributed by atoms with Gasteiger partial charge in [-0.05, 0) is 80.2 Å². The Morgan fingerprint density at radius 2 is 1.13 bits per heavy atom. The number of hydrogen-bond acceptors (Lipinski definition) is 12. The maximum absolute atomic E-state index is 12.6. The molecule has 2 heterocycles. The van der Waals surface area contributed by atoms with E-state index in [9.17, 15) is 32.0 Å². The molecule has 1 amide bonds. The monoisotopic (exact) mass is 810 g/mol.